The Kier molecular flexibility index (Phi) is 6.86. The van der Waals surface area contributed by atoms with Gasteiger partial charge in [0, 0.05) is 33.8 Å². The fourth-order valence-corrected chi connectivity index (χ4v) is 4.22. The van der Waals surface area contributed by atoms with Crippen LogP contribution < -0.4 is 5.32 Å². The van der Waals surface area contributed by atoms with Crippen molar-refractivity contribution in [2.75, 3.05) is 25.0 Å². The summed E-state index contributed by atoms with van der Waals surface area (Å²) < 4.78 is 6.92. The zero-order valence-corrected chi connectivity index (χ0v) is 17.3. The molecule has 1 amide bonds. The number of thiophene rings is 1. The molecule has 1 N–H and O–H groups in total. The molecule has 134 valence electrons. The van der Waals surface area contributed by atoms with Crippen molar-refractivity contribution >= 4 is 45.5 Å². The lowest BCUT2D eigenvalue weighted by Gasteiger charge is -2.24. The number of halogens is 1. The lowest BCUT2D eigenvalue weighted by atomic mass is 10.2. The average molecular weight is 470 g/mol. The van der Waals surface area contributed by atoms with Gasteiger partial charge >= 0.3 is 0 Å². The molecule has 1 aliphatic rings. The Bertz CT molecular complexity index is 699. The number of anilines is 1. The quantitative estimate of drug-likeness (QED) is 0.615. The lowest BCUT2D eigenvalue weighted by Crippen LogP contribution is -2.37. The van der Waals surface area contributed by atoms with Crippen LogP contribution in [0.1, 0.15) is 23.3 Å². The zero-order valence-electron chi connectivity index (χ0n) is 14.3. The van der Waals surface area contributed by atoms with Crippen molar-refractivity contribution in [3.63, 3.8) is 0 Å². The summed E-state index contributed by atoms with van der Waals surface area (Å²) >= 11 is 4.02. The number of carbonyl (C=O) groups excluding carboxylic acids is 1. The number of nitrogens with one attached hydrogen (secondary N) is 1. The number of rotatable bonds is 7. The molecular formula is C19H23IN2O2S. The van der Waals surface area contributed by atoms with Gasteiger partial charge in [-0.25, -0.2) is 0 Å². The second kappa shape index (κ2) is 9.12. The van der Waals surface area contributed by atoms with E-state index >= 15 is 0 Å². The standard InChI is InChI=1S/C19H23IN2O2S/c1-14-6-7-15(10-18(14)20)21-19(23)13-22(11-16-4-2-8-24-16)12-17-5-3-9-25-17/h3,5-7,9-10,16H,2,4,8,11-13H2,1H3,(H,21,23)/t16-/m1/s1. The average Bonchev–Trinajstić information content (AvgIpc) is 3.25. The van der Waals surface area contributed by atoms with Crippen LogP contribution in [0.25, 0.3) is 0 Å². The lowest BCUT2D eigenvalue weighted by molar-refractivity contribution is -0.117. The number of carbonyl (C=O) groups is 1. The highest BCUT2D eigenvalue weighted by atomic mass is 127. The third-order valence-electron chi connectivity index (χ3n) is 4.27. The van der Waals surface area contributed by atoms with Crippen LogP contribution in [0.2, 0.25) is 0 Å². The van der Waals surface area contributed by atoms with E-state index in [0.29, 0.717) is 6.54 Å². The van der Waals surface area contributed by atoms with E-state index in [0.717, 1.165) is 41.8 Å². The van der Waals surface area contributed by atoms with Crippen LogP contribution in [-0.2, 0) is 16.1 Å². The molecule has 0 unspecified atom stereocenters. The number of hydrogen-bond donors (Lipinski definition) is 1. The molecule has 0 bridgehead atoms. The van der Waals surface area contributed by atoms with Crippen LogP contribution in [-0.4, -0.2) is 36.6 Å². The summed E-state index contributed by atoms with van der Waals surface area (Å²) in [4.78, 5) is 16.0. The predicted octanol–water partition coefficient (Wildman–Crippen LogP) is 4.28. The highest BCUT2D eigenvalue weighted by molar-refractivity contribution is 14.1. The molecule has 1 saturated heterocycles. The van der Waals surface area contributed by atoms with Crippen molar-refractivity contribution in [3.05, 3.63) is 49.7 Å². The largest absolute Gasteiger partial charge is 0.377 e. The molecule has 25 heavy (non-hydrogen) atoms. The third-order valence-corrected chi connectivity index (χ3v) is 6.29. The van der Waals surface area contributed by atoms with Gasteiger partial charge in [-0.1, -0.05) is 12.1 Å². The van der Waals surface area contributed by atoms with Gasteiger partial charge in [0.25, 0.3) is 0 Å². The van der Waals surface area contributed by atoms with Gasteiger partial charge in [0.15, 0.2) is 0 Å². The molecule has 1 atom stereocenters. The monoisotopic (exact) mass is 470 g/mol. The smallest absolute Gasteiger partial charge is 0.238 e. The van der Waals surface area contributed by atoms with Crippen molar-refractivity contribution in [1.82, 2.24) is 4.90 Å². The van der Waals surface area contributed by atoms with Crippen LogP contribution in [0.3, 0.4) is 0 Å². The van der Waals surface area contributed by atoms with Crippen molar-refractivity contribution in [1.29, 1.82) is 0 Å². The Morgan fingerprint density at radius 2 is 2.32 bits per heavy atom. The van der Waals surface area contributed by atoms with Crippen LogP contribution in [0.4, 0.5) is 5.69 Å². The van der Waals surface area contributed by atoms with E-state index in [2.05, 4.69) is 57.2 Å². The second-order valence-electron chi connectivity index (χ2n) is 6.40. The fourth-order valence-electron chi connectivity index (χ4n) is 2.96. The van der Waals surface area contributed by atoms with Gasteiger partial charge in [0.05, 0.1) is 12.6 Å². The first-order valence-electron chi connectivity index (χ1n) is 8.52. The zero-order chi connectivity index (χ0) is 17.6. The van der Waals surface area contributed by atoms with E-state index in [1.54, 1.807) is 11.3 Å². The first-order chi connectivity index (χ1) is 12.1. The number of amides is 1. The number of ether oxygens (including phenoxy) is 1. The SMILES string of the molecule is Cc1ccc(NC(=O)CN(Cc2cccs2)C[C@H]2CCCO2)cc1I. The van der Waals surface area contributed by atoms with E-state index in [1.165, 1.54) is 10.4 Å². The molecule has 3 rings (SSSR count). The van der Waals surface area contributed by atoms with E-state index < -0.39 is 0 Å². The molecule has 1 aromatic carbocycles. The van der Waals surface area contributed by atoms with Gasteiger partial charge in [0.1, 0.15) is 0 Å². The van der Waals surface area contributed by atoms with E-state index in [4.69, 9.17) is 4.74 Å². The number of benzene rings is 1. The number of hydrogen-bond acceptors (Lipinski definition) is 4. The van der Waals surface area contributed by atoms with Crippen molar-refractivity contribution in [2.24, 2.45) is 0 Å². The Hall–Kier alpha value is -0.960. The normalized spacial score (nSPS) is 17.2. The molecule has 1 fully saturated rings. The molecule has 0 saturated carbocycles. The first kappa shape index (κ1) is 18.8. The fraction of sp³-hybridized carbons (Fsp3) is 0.421. The predicted molar refractivity (Wildman–Crippen MR) is 111 cm³/mol. The molecule has 2 aromatic rings. The maximum Gasteiger partial charge on any atom is 0.238 e. The minimum absolute atomic E-state index is 0.0224. The minimum Gasteiger partial charge on any atom is -0.377 e. The van der Waals surface area contributed by atoms with E-state index in [9.17, 15) is 4.79 Å². The maximum atomic E-state index is 12.5. The minimum atomic E-state index is 0.0224. The molecule has 0 radical (unpaired) electrons. The molecule has 1 aromatic heterocycles. The van der Waals surface area contributed by atoms with Gasteiger partial charge in [-0.15, -0.1) is 11.3 Å². The molecule has 0 aliphatic carbocycles. The maximum absolute atomic E-state index is 12.5. The van der Waals surface area contributed by atoms with Crippen LogP contribution in [0.5, 0.6) is 0 Å². The van der Waals surface area contributed by atoms with Crippen LogP contribution in [0, 0.1) is 10.5 Å². The molecule has 1 aliphatic heterocycles. The molecule has 0 spiro atoms. The molecule has 2 heterocycles. The van der Waals surface area contributed by atoms with Crippen LogP contribution in [0.15, 0.2) is 35.7 Å². The summed E-state index contributed by atoms with van der Waals surface area (Å²) in [6, 6.07) is 10.2. The van der Waals surface area contributed by atoms with Gasteiger partial charge in [-0.05, 0) is 71.5 Å². The Morgan fingerprint density at radius 3 is 3.00 bits per heavy atom. The summed E-state index contributed by atoms with van der Waals surface area (Å²) in [7, 11) is 0. The summed E-state index contributed by atoms with van der Waals surface area (Å²) in [5.74, 6) is 0.0224. The van der Waals surface area contributed by atoms with Gasteiger partial charge in [-0.3, -0.25) is 9.69 Å². The summed E-state index contributed by atoms with van der Waals surface area (Å²) in [6.45, 7) is 4.87. The van der Waals surface area contributed by atoms with E-state index in [1.807, 2.05) is 18.2 Å². The van der Waals surface area contributed by atoms with Gasteiger partial charge in [0.2, 0.25) is 5.91 Å². The van der Waals surface area contributed by atoms with Gasteiger partial charge < -0.3 is 10.1 Å². The molecular weight excluding hydrogens is 447 g/mol. The van der Waals surface area contributed by atoms with Crippen molar-refractivity contribution < 1.29 is 9.53 Å². The third kappa shape index (κ3) is 5.77. The molecule has 6 heteroatoms. The topological polar surface area (TPSA) is 41.6 Å². The Balaban J connectivity index is 1.61. The Morgan fingerprint density at radius 1 is 1.44 bits per heavy atom. The summed E-state index contributed by atoms with van der Waals surface area (Å²) in [5.41, 5.74) is 2.07. The van der Waals surface area contributed by atoms with Gasteiger partial charge in [-0.2, -0.15) is 0 Å². The summed E-state index contributed by atoms with van der Waals surface area (Å²) in [5, 5.41) is 5.10. The second-order valence-corrected chi connectivity index (χ2v) is 8.59. The van der Waals surface area contributed by atoms with Crippen LogP contribution >= 0.6 is 33.9 Å². The number of aryl methyl sites for hydroxylation is 1. The number of nitrogens with zero attached hydrogens (tertiary/aromatic N) is 1. The van der Waals surface area contributed by atoms with Crippen molar-refractivity contribution in [3.8, 4) is 0 Å². The van der Waals surface area contributed by atoms with Crippen molar-refractivity contribution in [2.45, 2.75) is 32.4 Å². The van der Waals surface area contributed by atoms with E-state index in [-0.39, 0.29) is 12.0 Å². The first-order valence-corrected chi connectivity index (χ1v) is 10.5. The Labute approximate surface area is 166 Å². The highest BCUT2D eigenvalue weighted by Gasteiger charge is 2.21. The summed E-state index contributed by atoms with van der Waals surface area (Å²) in [6.07, 6.45) is 2.44. The molecule has 4 nitrogen and oxygen atoms in total. The highest BCUT2D eigenvalue weighted by Crippen LogP contribution is 2.19.